The predicted molar refractivity (Wildman–Crippen MR) is 115 cm³/mol. The van der Waals surface area contributed by atoms with Crippen molar-refractivity contribution in [1.82, 2.24) is 9.88 Å². The van der Waals surface area contributed by atoms with Crippen LogP contribution in [0.5, 0.6) is 11.5 Å². The van der Waals surface area contributed by atoms with Crippen LogP contribution in [0.25, 0.3) is 0 Å². The van der Waals surface area contributed by atoms with Gasteiger partial charge in [-0.2, -0.15) is 0 Å². The molecular formula is C21H25N3O6S. The molecule has 0 aliphatic carbocycles. The number of thiazole rings is 1. The first-order valence-corrected chi connectivity index (χ1v) is 10.8. The molecule has 1 fully saturated rings. The summed E-state index contributed by atoms with van der Waals surface area (Å²) in [5, 5.41) is 4.59. The molecule has 3 rings (SSSR count). The minimum atomic E-state index is -0.397. The number of benzene rings is 1. The molecule has 0 saturated carbocycles. The fraction of sp³-hybridized carbons (Fsp3) is 0.429. The van der Waals surface area contributed by atoms with E-state index in [9.17, 15) is 14.4 Å². The second-order valence-corrected chi connectivity index (χ2v) is 7.79. The standard InChI is InChI=1S/C21H25N3O6S/c1-4-30-20(27)13-6-5-7-24(11-13)19(26)17-12-31-21(22-17)23-18(25)14-8-15(28-2)10-16(9-14)29-3/h8-10,12-13H,4-7,11H2,1-3H3,(H,22,23,25). The summed E-state index contributed by atoms with van der Waals surface area (Å²) in [5.41, 5.74) is 0.570. The number of piperidine rings is 1. The Hall–Kier alpha value is -3.14. The van der Waals surface area contributed by atoms with Gasteiger partial charge in [-0.25, -0.2) is 4.98 Å². The second-order valence-electron chi connectivity index (χ2n) is 6.94. The number of hydrogen-bond acceptors (Lipinski definition) is 8. The molecule has 1 unspecified atom stereocenters. The maximum Gasteiger partial charge on any atom is 0.310 e. The first-order chi connectivity index (χ1) is 14.9. The van der Waals surface area contributed by atoms with E-state index in [1.807, 2.05) is 0 Å². The van der Waals surface area contributed by atoms with E-state index in [4.69, 9.17) is 14.2 Å². The summed E-state index contributed by atoms with van der Waals surface area (Å²) in [7, 11) is 3.00. The SMILES string of the molecule is CCOC(=O)C1CCCN(C(=O)c2csc(NC(=O)c3cc(OC)cc(OC)c3)n2)C1. The monoisotopic (exact) mass is 447 g/mol. The number of rotatable bonds is 7. The molecule has 1 aliphatic rings. The molecular weight excluding hydrogens is 422 g/mol. The zero-order chi connectivity index (χ0) is 22.4. The number of esters is 1. The van der Waals surface area contributed by atoms with Crippen LogP contribution in [-0.4, -0.2) is 61.6 Å². The molecule has 2 aromatic rings. The predicted octanol–water partition coefficient (Wildman–Crippen LogP) is 2.83. The van der Waals surface area contributed by atoms with E-state index in [0.717, 1.165) is 17.8 Å². The lowest BCUT2D eigenvalue weighted by atomic mass is 9.98. The van der Waals surface area contributed by atoms with Gasteiger partial charge in [0.1, 0.15) is 17.2 Å². The van der Waals surface area contributed by atoms with Gasteiger partial charge in [0.05, 0.1) is 26.7 Å². The molecule has 0 radical (unpaired) electrons. The van der Waals surface area contributed by atoms with Gasteiger partial charge in [-0.05, 0) is 31.9 Å². The van der Waals surface area contributed by atoms with E-state index in [1.165, 1.54) is 14.2 Å². The molecule has 1 atom stereocenters. The number of methoxy groups -OCH3 is 2. The average Bonchev–Trinajstić information content (AvgIpc) is 3.26. The fourth-order valence-corrected chi connectivity index (χ4v) is 3.99. The molecule has 0 spiro atoms. The zero-order valence-electron chi connectivity index (χ0n) is 17.7. The molecule has 9 nitrogen and oxygen atoms in total. The van der Waals surface area contributed by atoms with Crippen molar-refractivity contribution in [1.29, 1.82) is 0 Å². The third-order valence-electron chi connectivity index (χ3n) is 4.89. The molecule has 1 saturated heterocycles. The highest BCUT2D eigenvalue weighted by Gasteiger charge is 2.30. The minimum absolute atomic E-state index is 0.230. The van der Waals surface area contributed by atoms with Crippen molar-refractivity contribution in [3.05, 3.63) is 34.8 Å². The molecule has 31 heavy (non-hydrogen) atoms. The number of likely N-dealkylation sites (tertiary alicyclic amines) is 1. The molecule has 166 valence electrons. The molecule has 2 amide bonds. The van der Waals surface area contributed by atoms with Crippen molar-refractivity contribution in [2.24, 2.45) is 5.92 Å². The fourth-order valence-electron chi connectivity index (χ4n) is 3.31. The van der Waals surface area contributed by atoms with Crippen LogP contribution in [0.4, 0.5) is 5.13 Å². The van der Waals surface area contributed by atoms with Crippen molar-refractivity contribution in [3.8, 4) is 11.5 Å². The van der Waals surface area contributed by atoms with Crippen LogP contribution in [0.3, 0.4) is 0 Å². The molecule has 10 heteroatoms. The smallest absolute Gasteiger partial charge is 0.310 e. The van der Waals surface area contributed by atoms with Gasteiger partial charge in [0, 0.05) is 30.1 Å². The van der Waals surface area contributed by atoms with Crippen LogP contribution < -0.4 is 14.8 Å². The summed E-state index contributed by atoms with van der Waals surface area (Å²) >= 11 is 1.16. The Morgan fingerprint density at radius 2 is 1.90 bits per heavy atom. The molecule has 1 aromatic carbocycles. The topological polar surface area (TPSA) is 107 Å². The Morgan fingerprint density at radius 3 is 2.55 bits per heavy atom. The summed E-state index contributed by atoms with van der Waals surface area (Å²) < 4.78 is 15.5. The van der Waals surface area contributed by atoms with Gasteiger partial charge in [0.2, 0.25) is 0 Å². The van der Waals surface area contributed by atoms with Crippen LogP contribution in [0.2, 0.25) is 0 Å². The number of hydrogen-bond donors (Lipinski definition) is 1. The van der Waals surface area contributed by atoms with Gasteiger partial charge < -0.3 is 19.1 Å². The third-order valence-corrected chi connectivity index (χ3v) is 5.64. The quantitative estimate of drug-likeness (QED) is 0.651. The Morgan fingerprint density at radius 1 is 1.19 bits per heavy atom. The average molecular weight is 448 g/mol. The Balaban J connectivity index is 1.66. The Kier molecular flexibility index (Phi) is 7.45. The number of carbonyl (C=O) groups excluding carboxylic acids is 3. The van der Waals surface area contributed by atoms with Crippen LogP contribution in [0.1, 0.15) is 40.6 Å². The zero-order valence-corrected chi connectivity index (χ0v) is 18.5. The van der Waals surface area contributed by atoms with Crippen LogP contribution in [0.15, 0.2) is 23.6 Å². The number of nitrogens with zero attached hydrogens (tertiary/aromatic N) is 2. The van der Waals surface area contributed by atoms with Crippen molar-refractivity contribution in [2.75, 3.05) is 39.2 Å². The van der Waals surface area contributed by atoms with Crippen molar-refractivity contribution in [2.45, 2.75) is 19.8 Å². The molecule has 1 aromatic heterocycles. The lowest BCUT2D eigenvalue weighted by Crippen LogP contribution is -2.43. The second kappa shape index (κ2) is 10.3. The van der Waals surface area contributed by atoms with Gasteiger partial charge in [-0.15, -0.1) is 11.3 Å². The number of carbonyl (C=O) groups is 3. The first-order valence-electron chi connectivity index (χ1n) is 9.91. The Labute approximate surface area is 184 Å². The Bertz CT molecular complexity index is 938. The molecule has 1 aliphatic heterocycles. The number of ether oxygens (including phenoxy) is 3. The lowest BCUT2D eigenvalue weighted by molar-refractivity contribution is -0.149. The van der Waals surface area contributed by atoms with Crippen LogP contribution in [-0.2, 0) is 9.53 Å². The summed E-state index contributed by atoms with van der Waals surface area (Å²) in [4.78, 5) is 43.3. The number of amides is 2. The van der Waals surface area contributed by atoms with E-state index >= 15 is 0 Å². The van der Waals surface area contributed by atoms with Crippen LogP contribution in [0, 0.1) is 5.92 Å². The van der Waals surface area contributed by atoms with Gasteiger partial charge in [0.25, 0.3) is 11.8 Å². The molecule has 1 N–H and O–H groups in total. The maximum atomic E-state index is 12.8. The number of anilines is 1. The minimum Gasteiger partial charge on any atom is -0.497 e. The lowest BCUT2D eigenvalue weighted by Gasteiger charge is -2.31. The highest BCUT2D eigenvalue weighted by molar-refractivity contribution is 7.14. The first kappa shape index (κ1) is 22.5. The van der Waals surface area contributed by atoms with E-state index < -0.39 is 5.91 Å². The van der Waals surface area contributed by atoms with Gasteiger partial charge in [-0.1, -0.05) is 0 Å². The van der Waals surface area contributed by atoms with Gasteiger partial charge in [-0.3, -0.25) is 19.7 Å². The van der Waals surface area contributed by atoms with E-state index in [0.29, 0.717) is 48.3 Å². The van der Waals surface area contributed by atoms with Crippen molar-refractivity contribution < 1.29 is 28.6 Å². The summed E-state index contributed by atoms with van der Waals surface area (Å²) in [6.45, 7) is 2.94. The van der Waals surface area contributed by atoms with Crippen molar-refractivity contribution in [3.63, 3.8) is 0 Å². The van der Waals surface area contributed by atoms with Crippen LogP contribution >= 0.6 is 11.3 Å². The largest absolute Gasteiger partial charge is 0.497 e. The maximum absolute atomic E-state index is 12.8. The summed E-state index contributed by atoms with van der Waals surface area (Å²) in [5.74, 6) is -0.292. The third kappa shape index (κ3) is 5.52. The van der Waals surface area contributed by atoms with Gasteiger partial charge >= 0.3 is 5.97 Å². The van der Waals surface area contributed by atoms with Crippen molar-refractivity contribution >= 4 is 34.3 Å². The van der Waals surface area contributed by atoms with E-state index in [-0.39, 0.29) is 23.5 Å². The van der Waals surface area contributed by atoms with E-state index in [2.05, 4.69) is 10.3 Å². The number of nitrogens with one attached hydrogen (secondary N) is 1. The molecule has 0 bridgehead atoms. The molecule has 2 heterocycles. The highest BCUT2D eigenvalue weighted by Crippen LogP contribution is 2.25. The highest BCUT2D eigenvalue weighted by atomic mass is 32.1. The van der Waals surface area contributed by atoms with E-state index in [1.54, 1.807) is 35.4 Å². The summed E-state index contributed by atoms with van der Waals surface area (Å²) in [6.07, 6.45) is 1.42. The normalized spacial score (nSPS) is 15.8. The summed E-state index contributed by atoms with van der Waals surface area (Å²) in [6, 6.07) is 4.83. The van der Waals surface area contributed by atoms with Gasteiger partial charge in [0.15, 0.2) is 5.13 Å². The number of aromatic nitrogens is 1.